The van der Waals surface area contributed by atoms with Crippen molar-refractivity contribution in [2.45, 2.75) is 6.61 Å². The third-order valence-corrected chi connectivity index (χ3v) is 2.49. The molecule has 2 aromatic rings. The van der Waals surface area contributed by atoms with Crippen LogP contribution in [0, 0.1) is 0 Å². The SMILES string of the molecule is COCc1c[nH]c2ccc(C(=O)OC)cc12. The van der Waals surface area contributed by atoms with E-state index >= 15 is 0 Å². The summed E-state index contributed by atoms with van der Waals surface area (Å²) in [7, 11) is 3.02. The number of ether oxygens (including phenoxy) is 2. The van der Waals surface area contributed by atoms with Gasteiger partial charge in [0.2, 0.25) is 0 Å². The topological polar surface area (TPSA) is 51.3 Å². The molecule has 16 heavy (non-hydrogen) atoms. The summed E-state index contributed by atoms with van der Waals surface area (Å²) in [4.78, 5) is 14.5. The summed E-state index contributed by atoms with van der Waals surface area (Å²) in [5.41, 5.74) is 2.56. The highest BCUT2D eigenvalue weighted by Crippen LogP contribution is 2.20. The smallest absolute Gasteiger partial charge is 0.337 e. The van der Waals surface area contributed by atoms with E-state index in [2.05, 4.69) is 9.72 Å². The first kappa shape index (κ1) is 10.7. The van der Waals surface area contributed by atoms with Gasteiger partial charge in [-0.2, -0.15) is 0 Å². The van der Waals surface area contributed by atoms with E-state index in [0.717, 1.165) is 16.5 Å². The van der Waals surface area contributed by atoms with Gasteiger partial charge in [0.1, 0.15) is 0 Å². The predicted molar refractivity (Wildman–Crippen MR) is 60.4 cm³/mol. The lowest BCUT2D eigenvalue weighted by Crippen LogP contribution is -2.00. The van der Waals surface area contributed by atoms with Crippen molar-refractivity contribution in [2.24, 2.45) is 0 Å². The Bertz CT molecular complexity index is 516. The number of nitrogens with one attached hydrogen (secondary N) is 1. The number of fused-ring (bicyclic) bond motifs is 1. The van der Waals surface area contributed by atoms with E-state index in [1.165, 1.54) is 7.11 Å². The number of hydrogen-bond acceptors (Lipinski definition) is 3. The van der Waals surface area contributed by atoms with E-state index in [1.54, 1.807) is 13.2 Å². The highest BCUT2D eigenvalue weighted by atomic mass is 16.5. The molecular formula is C12H13NO3. The molecule has 0 radical (unpaired) electrons. The third kappa shape index (κ3) is 1.79. The van der Waals surface area contributed by atoms with Crippen molar-refractivity contribution in [3.05, 3.63) is 35.5 Å². The van der Waals surface area contributed by atoms with Crippen molar-refractivity contribution in [1.82, 2.24) is 4.98 Å². The van der Waals surface area contributed by atoms with Gasteiger partial charge in [0, 0.05) is 29.8 Å². The molecule has 0 saturated carbocycles. The van der Waals surface area contributed by atoms with Crippen LogP contribution in [0.1, 0.15) is 15.9 Å². The molecule has 0 fully saturated rings. The zero-order valence-corrected chi connectivity index (χ0v) is 9.24. The first-order valence-electron chi connectivity index (χ1n) is 4.93. The second kappa shape index (κ2) is 4.37. The van der Waals surface area contributed by atoms with Gasteiger partial charge in [0.05, 0.1) is 19.3 Å². The van der Waals surface area contributed by atoms with E-state index in [9.17, 15) is 4.79 Å². The number of carbonyl (C=O) groups excluding carboxylic acids is 1. The van der Waals surface area contributed by atoms with Gasteiger partial charge in [0.15, 0.2) is 0 Å². The molecule has 0 unspecified atom stereocenters. The summed E-state index contributed by atoms with van der Waals surface area (Å²) in [6.45, 7) is 0.518. The van der Waals surface area contributed by atoms with Crippen LogP contribution in [0.25, 0.3) is 10.9 Å². The molecule has 0 aliphatic carbocycles. The molecule has 1 heterocycles. The van der Waals surface area contributed by atoms with Crippen molar-refractivity contribution in [2.75, 3.05) is 14.2 Å². The van der Waals surface area contributed by atoms with Crippen molar-refractivity contribution in [3.8, 4) is 0 Å². The van der Waals surface area contributed by atoms with Gasteiger partial charge in [-0.15, -0.1) is 0 Å². The summed E-state index contributed by atoms with van der Waals surface area (Å²) in [5.74, 6) is -0.327. The Morgan fingerprint density at radius 3 is 2.88 bits per heavy atom. The number of esters is 1. The van der Waals surface area contributed by atoms with Crippen LogP contribution in [0.15, 0.2) is 24.4 Å². The minimum Gasteiger partial charge on any atom is -0.465 e. The summed E-state index contributed by atoms with van der Waals surface area (Å²) in [6, 6.07) is 5.41. The van der Waals surface area contributed by atoms with Gasteiger partial charge >= 0.3 is 5.97 Å². The van der Waals surface area contributed by atoms with E-state index in [0.29, 0.717) is 12.2 Å². The van der Waals surface area contributed by atoms with Crippen molar-refractivity contribution in [1.29, 1.82) is 0 Å². The van der Waals surface area contributed by atoms with Crippen LogP contribution >= 0.6 is 0 Å². The summed E-state index contributed by atoms with van der Waals surface area (Å²) >= 11 is 0. The minimum atomic E-state index is -0.327. The molecule has 1 aromatic carbocycles. The maximum Gasteiger partial charge on any atom is 0.337 e. The molecule has 0 bridgehead atoms. The molecular weight excluding hydrogens is 206 g/mol. The van der Waals surface area contributed by atoms with E-state index < -0.39 is 0 Å². The molecule has 0 amide bonds. The first-order valence-corrected chi connectivity index (χ1v) is 4.93. The quantitative estimate of drug-likeness (QED) is 0.804. The van der Waals surface area contributed by atoms with Crippen molar-refractivity contribution >= 4 is 16.9 Å². The van der Waals surface area contributed by atoms with Crippen LogP contribution in [0.4, 0.5) is 0 Å². The van der Waals surface area contributed by atoms with Crippen LogP contribution in [0.2, 0.25) is 0 Å². The number of rotatable bonds is 3. The lowest BCUT2D eigenvalue weighted by molar-refractivity contribution is 0.0601. The number of methoxy groups -OCH3 is 2. The Labute approximate surface area is 93.2 Å². The van der Waals surface area contributed by atoms with Crippen LogP contribution < -0.4 is 0 Å². The maximum absolute atomic E-state index is 11.4. The summed E-state index contributed by atoms with van der Waals surface area (Å²) in [5, 5.41) is 0.991. The summed E-state index contributed by atoms with van der Waals surface area (Å²) in [6.07, 6.45) is 1.88. The van der Waals surface area contributed by atoms with Gasteiger partial charge < -0.3 is 14.5 Å². The molecule has 4 heteroatoms. The average Bonchev–Trinajstić information content (AvgIpc) is 2.71. The fraction of sp³-hybridized carbons (Fsp3) is 0.250. The van der Waals surface area contributed by atoms with Crippen LogP contribution in [-0.4, -0.2) is 25.2 Å². The highest BCUT2D eigenvalue weighted by Gasteiger charge is 2.09. The zero-order valence-electron chi connectivity index (χ0n) is 9.24. The molecule has 0 aliphatic heterocycles. The van der Waals surface area contributed by atoms with E-state index in [1.807, 2.05) is 18.3 Å². The normalized spacial score (nSPS) is 10.6. The molecule has 0 atom stereocenters. The fourth-order valence-electron chi connectivity index (χ4n) is 1.70. The third-order valence-electron chi connectivity index (χ3n) is 2.49. The predicted octanol–water partition coefficient (Wildman–Crippen LogP) is 2.10. The largest absolute Gasteiger partial charge is 0.465 e. The minimum absolute atomic E-state index is 0.327. The molecule has 1 aromatic heterocycles. The number of benzene rings is 1. The average molecular weight is 219 g/mol. The number of aromatic amines is 1. The van der Waals surface area contributed by atoms with Crippen LogP contribution in [-0.2, 0) is 16.1 Å². The second-order valence-corrected chi connectivity index (χ2v) is 3.50. The summed E-state index contributed by atoms with van der Waals surface area (Å²) < 4.78 is 9.77. The molecule has 0 saturated heterocycles. The molecule has 2 rings (SSSR count). The van der Waals surface area contributed by atoms with Gasteiger partial charge in [-0.05, 0) is 18.2 Å². The lowest BCUT2D eigenvalue weighted by Gasteiger charge is -2.01. The molecule has 0 spiro atoms. The molecule has 1 N–H and O–H groups in total. The molecule has 4 nitrogen and oxygen atoms in total. The number of carbonyl (C=O) groups is 1. The fourth-order valence-corrected chi connectivity index (χ4v) is 1.70. The van der Waals surface area contributed by atoms with Gasteiger partial charge in [-0.25, -0.2) is 4.79 Å². The van der Waals surface area contributed by atoms with Crippen molar-refractivity contribution in [3.63, 3.8) is 0 Å². The van der Waals surface area contributed by atoms with Gasteiger partial charge in [-0.1, -0.05) is 0 Å². The Balaban J connectivity index is 2.49. The lowest BCUT2D eigenvalue weighted by atomic mass is 10.1. The number of hydrogen-bond donors (Lipinski definition) is 1. The maximum atomic E-state index is 11.4. The highest BCUT2D eigenvalue weighted by molar-refractivity contribution is 5.95. The Morgan fingerprint density at radius 2 is 2.19 bits per heavy atom. The monoisotopic (exact) mass is 219 g/mol. The van der Waals surface area contributed by atoms with E-state index in [4.69, 9.17) is 4.74 Å². The Morgan fingerprint density at radius 1 is 1.38 bits per heavy atom. The Hall–Kier alpha value is -1.81. The number of H-pyrrole nitrogens is 1. The first-order chi connectivity index (χ1) is 7.76. The molecule has 0 aliphatic rings. The Kier molecular flexibility index (Phi) is 2.92. The van der Waals surface area contributed by atoms with Crippen molar-refractivity contribution < 1.29 is 14.3 Å². The molecule has 84 valence electrons. The van der Waals surface area contributed by atoms with Crippen LogP contribution in [0.3, 0.4) is 0 Å². The second-order valence-electron chi connectivity index (χ2n) is 3.50. The standard InChI is InChI=1S/C12H13NO3/c1-15-7-9-6-13-11-4-3-8(5-10(9)11)12(14)16-2/h3-6,13H,7H2,1-2H3. The van der Waals surface area contributed by atoms with Crippen LogP contribution in [0.5, 0.6) is 0 Å². The van der Waals surface area contributed by atoms with Gasteiger partial charge in [0.25, 0.3) is 0 Å². The van der Waals surface area contributed by atoms with Gasteiger partial charge in [-0.3, -0.25) is 0 Å². The number of aromatic nitrogens is 1. The zero-order chi connectivity index (χ0) is 11.5. The van der Waals surface area contributed by atoms with E-state index in [-0.39, 0.29) is 5.97 Å².